The van der Waals surface area contributed by atoms with Gasteiger partial charge in [0.05, 0.1) is 12.6 Å². The Balaban J connectivity index is 1.46. The van der Waals surface area contributed by atoms with Gasteiger partial charge in [0.25, 0.3) is 0 Å². The van der Waals surface area contributed by atoms with Crippen molar-refractivity contribution in [1.82, 2.24) is 9.88 Å². The molecule has 1 atom stereocenters. The molecule has 1 aromatic heterocycles. The summed E-state index contributed by atoms with van der Waals surface area (Å²) in [5.41, 5.74) is 4.87. The van der Waals surface area contributed by atoms with Crippen LogP contribution in [0.25, 0.3) is 0 Å². The van der Waals surface area contributed by atoms with E-state index in [-0.39, 0.29) is 17.8 Å². The van der Waals surface area contributed by atoms with Gasteiger partial charge in [0.15, 0.2) is 0 Å². The maximum absolute atomic E-state index is 13.3. The Morgan fingerprint density at radius 2 is 1.91 bits per heavy atom. The molecule has 0 saturated carbocycles. The fourth-order valence-corrected chi connectivity index (χ4v) is 4.49. The molecular weight excluding hydrogens is 439 g/mol. The monoisotopic (exact) mass is 466 g/mol. The molecule has 1 aliphatic rings. The number of amides is 1. The molecule has 1 unspecified atom stereocenters. The summed E-state index contributed by atoms with van der Waals surface area (Å²) < 4.78 is 19.0. The van der Waals surface area contributed by atoms with E-state index in [1.54, 1.807) is 30.3 Å². The zero-order valence-electron chi connectivity index (χ0n) is 18.8. The molecule has 4 rings (SSSR count). The summed E-state index contributed by atoms with van der Waals surface area (Å²) in [6.07, 6.45) is 4.32. The lowest BCUT2D eigenvalue weighted by Crippen LogP contribution is -2.37. The van der Waals surface area contributed by atoms with E-state index in [1.807, 2.05) is 4.90 Å². The van der Waals surface area contributed by atoms with Gasteiger partial charge in [0.2, 0.25) is 11.8 Å². The van der Waals surface area contributed by atoms with Crippen LogP contribution >= 0.6 is 11.6 Å². The van der Waals surface area contributed by atoms with E-state index in [0.717, 1.165) is 24.0 Å². The Morgan fingerprint density at radius 3 is 2.70 bits per heavy atom. The van der Waals surface area contributed by atoms with Gasteiger partial charge in [-0.1, -0.05) is 48.0 Å². The number of benzene rings is 2. The highest BCUT2D eigenvalue weighted by Crippen LogP contribution is 2.28. The average Bonchev–Trinajstić information content (AvgIpc) is 3.29. The number of aryl methyl sites for hydroxylation is 3. The van der Waals surface area contributed by atoms with Crippen LogP contribution in [0.2, 0.25) is 5.15 Å². The summed E-state index contributed by atoms with van der Waals surface area (Å²) in [5.74, 6) is 0.199. The molecule has 1 amide bonds. The lowest BCUT2D eigenvalue weighted by Gasteiger charge is -2.30. The van der Waals surface area contributed by atoms with Crippen LogP contribution in [0.3, 0.4) is 0 Å². The molecule has 1 aliphatic carbocycles. The van der Waals surface area contributed by atoms with Crippen molar-refractivity contribution in [3.8, 4) is 5.88 Å². The molecule has 6 heteroatoms. The van der Waals surface area contributed by atoms with Crippen molar-refractivity contribution in [1.29, 1.82) is 0 Å². The van der Waals surface area contributed by atoms with E-state index in [9.17, 15) is 9.18 Å². The third kappa shape index (κ3) is 6.11. The molecule has 3 aromatic rings. The summed E-state index contributed by atoms with van der Waals surface area (Å²) in [7, 11) is 0. The van der Waals surface area contributed by atoms with E-state index in [2.05, 4.69) is 30.1 Å². The third-order valence-corrected chi connectivity index (χ3v) is 6.42. The van der Waals surface area contributed by atoms with E-state index < -0.39 is 0 Å². The summed E-state index contributed by atoms with van der Waals surface area (Å²) in [6.45, 7) is 2.80. The van der Waals surface area contributed by atoms with Crippen LogP contribution in [0.15, 0.2) is 60.7 Å². The van der Waals surface area contributed by atoms with Crippen molar-refractivity contribution in [2.75, 3.05) is 13.2 Å². The predicted molar refractivity (Wildman–Crippen MR) is 128 cm³/mol. The lowest BCUT2D eigenvalue weighted by atomic mass is 10.0. The molecule has 0 spiro atoms. The summed E-state index contributed by atoms with van der Waals surface area (Å²) >= 11 is 5.94. The van der Waals surface area contributed by atoms with Crippen molar-refractivity contribution in [3.63, 3.8) is 0 Å². The first-order chi connectivity index (χ1) is 16.0. The van der Waals surface area contributed by atoms with E-state index in [4.69, 9.17) is 16.3 Å². The Hall–Kier alpha value is -2.92. The number of ether oxygens (including phenoxy) is 1. The first kappa shape index (κ1) is 23.2. The van der Waals surface area contributed by atoms with Gasteiger partial charge in [-0.25, -0.2) is 9.37 Å². The first-order valence-electron chi connectivity index (χ1n) is 11.4. The normalized spacial score (nSPS) is 13.4. The molecule has 172 valence electrons. The Bertz CT molecular complexity index is 1100. The summed E-state index contributed by atoms with van der Waals surface area (Å²) in [6, 6.07) is 18.0. The van der Waals surface area contributed by atoms with Crippen molar-refractivity contribution < 1.29 is 13.9 Å². The minimum absolute atomic E-state index is 0.0370. The number of hydrogen-bond donors (Lipinski definition) is 0. The quantitative estimate of drug-likeness (QED) is 0.365. The van der Waals surface area contributed by atoms with Gasteiger partial charge in [-0.15, -0.1) is 0 Å². The minimum Gasteiger partial charge on any atom is -0.476 e. The predicted octanol–water partition coefficient (Wildman–Crippen LogP) is 5.96. The Labute approximate surface area is 199 Å². The second-order valence-corrected chi connectivity index (χ2v) is 8.81. The largest absolute Gasteiger partial charge is 0.476 e. The number of rotatable bonds is 9. The van der Waals surface area contributed by atoms with Gasteiger partial charge in [-0.3, -0.25) is 4.79 Å². The van der Waals surface area contributed by atoms with Crippen molar-refractivity contribution in [2.45, 2.75) is 45.1 Å². The molecule has 0 fully saturated rings. The van der Waals surface area contributed by atoms with E-state index in [0.29, 0.717) is 37.0 Å². The highest BCUT2D eigenvalue weighted by Gasteiger charge is 2.23. The number of aromatic nitrogens is 1. The van der Waals surface area contributed by atoms with E-state index >= 15 is 0 Å². The number of fused-ring (bicyclic) bond motifs is 1. The lowest BCUT2D eigenvalue weighted by molar-refractivity contribution is -0.133. The van der Waals surface area contributed by atoms with Crippen LogP contribution in [-0.4, -0.2) is 28.9 Å². The SMILES string of the molecule is CC(c1ccc2c(c1)CCC2)N(CCOc1cccc(Cl)n1)C(=O)CCc1ccc(F)cc1. The van der Waals surface area contributed by atoms with Crippen LogP contribution in [0.4, 0.5) is 4.39 Å². The number of nitrogens with zero attached hydrogens (tertiary/aromatic N) is 2. The average molecular weight is 467 g/mol. The second-order valence-electron chi connectivity index (χ2n) is 8.42. The summed E-state index contributed by atoms with van der Waals surface area (Å²) in [4.78, 5) is 19.3. The van der Waals surface area contributed by atoms with Crippen LogP contribution < -0.4 is 4.74 Å². The molecule has 33 heavy (non-hydrogen) atoms. The fourth-order valence-electron chi connectivity index (χ4n) is 4.33. The van der Waals surface area contributed by atoms with Gasteiger partial charge < -0.3 is 9.64 Å². The molecule has 4 nitrogen and oxygen atoms in total. The topological polar surface area (TPSA) is 42.4 Å². The highest BCUT2D eigenvalue weighted by atomic mass is 35.5. The smallest absolute Gasteiger partial charge is 0.223 e. The molecule has 0 N–H and O–H groups in total. The van der Waals surface area contributed by atoms with Crippen molar-refractivity contribution >= 4 is 17.5 Å². The van der Waals surface area contributed by atoms with Crippen LogP contribution in [0, 0.1) is 5.82 Å². The van der Waals surface area contributed by atoms with Gasteiger partial charge in [0.1, 0.15) is 17.6 Å². The third-order valence-electron chi connectivity index (χ3n) is 6.21. The van der Waals surface area contributed by atoms with Gasteiger partial charge in [-0.05, 0) is 73.1 Å². The second kappa shape index (κ2) is 10.8. The number of carbonyl (C=O) groups is 1. The molecule has 1 heterocycles. The Morgan fingerprint density at radius 1 is 1.12 bits per heavy atom. The Kier molecular flexibility index (Phi) is 7.61. The van der Waals surface area contributed by atoms with Gasteiger partial charge in [0, 0.05) is 12.5 Å². The standard InChI is InChI=1S/C27H28ClFN2O2/c1-19(22-12-11-21-4-2-5-23(21)18-22)31(16-17-33-26-7-3-6-25(28)30-26)27(32)15-10-20-8-13-24(29)14-9-20/h3,6-9,11-14,18-19H,2,4-5,10,15-17H2,1H3. The maximum Gasteiger partial charge on any atom is 0.223 e. The van der Waals surface area contributed by atoms with Crippen molar-refractivity contribution in [2.24, 2.45) is 0 Å². The number of hydrogen-bond acceptors (Lipinski definition) is 3. The number of halogens is 2. The summed E-state index contributed by atoms with van der Waals surface area (Å²) in [5, 5.41) is 0.367. The van der Waals surface area contributed by atoms with Crippen LogP contribution in [-0.2, 0) is 24.1 Å². The van der Waals surface area contributed by atoms with Crippen LogP contribution in [0.5, 0.6) is 5.88 Å². The van der Waals surface area contributed by atoms with Gasteiger partial charge in [-0.2, -0.15) is 0 Å². The molecular formula is C27H28ClFN2O2. The minimum atomic E-state index is -0.274. The first-order valence-corrected chi connectivity index (χ1v) is 11.8. The van der Waals surface area contributed by atoms with E-state index in [1.165, 1.54) is 29.7 Å². The highest BCUT2D eigenvalue weighted by molar-refractivity contribution is 6.29. The van der Waals surface area contributed by atoms with Gasteiger partial charge >= 0.3 is 0 Å². The molecule has 0 saturated heterocycles. The van der Waals surface area contributed by atoms with Crippen LogP contribution in [0.1, 0.15) is 48.1 Å². The molecule has 0 aliphatic heterocycles. The maximum atomic E-state index is 13.3. The molecule has 0 bridgehead atoms. The molecule has 0 radical (unpaired) electrons. The number of pyridine rings is 1. The fraction of sp³-hybridized carbons (Fsp3) is 0.333. The number of carbonyl (C=O) groups excluding carboxylic acids is 1. The van der Waals surface area contributed by atoms with Crippen molar-refractivity contribution in [3.05, 3.63) is 93.9 Å². The zero-order chi connectivity index (χ0) is 23.2. The zero-order valence-corrected chi connectivity index (χ0v) is 19.5. The molecule has 2 aromatic carbocycles.